The minimum absolute atomic E-state index is 0.0422. The molecule has 1 aliphatic rings. The highest BCUT2D eigenvalue weighted by Crippen LogP contribution is 2.33. The highest BCUT2D eigenvalue weighted by atomic mass is 32.1. The van der Waals surface area contributed by atoms with E-state index in [1.54, 1.807) is 18.4 Å². The Morgan fingerprint density at radius 3 is 3.00 bits per heavy atom. The topological polar surface area (TPSA) is 63.7 Å². The number of hydrogen-bond acceptors (Lipinski definition) is 6. The fourth-order valence-electron chi connectivity index (χ4n) is 3.83. The van der Waals surface area contributed by atoms with Crippen molar-refractivity contribution in [3.8, 4) is 11.5 Å². The number of aromatic nitrogens is 1. The molecule has 0 saturated carbocycles. The van der Waals surface area contributed by atoms with Gasteiger partial charge >= 0.3 is 0 Å². The number of piperidine rings is 1. The number of para-hydroxylation sites is 1. The Labute approximate surface area is 180 Å². The molecule has 4 rings (SSSR count). The molecule has 1 aliphatic heterocycles. The van der Waals surface area contributed by atoms with Crippen LogP contribution in [0.1, 0.15) is 25.3 Å². The van der Waals surface area contributed by atoms with Gasteiger partial charge in [-0.15, -0.1) is 0 Å². The number of hydrogen-bond donors (Lipinski definition) is 1. The molecule has 7 heteroatoms. The molecule has 1 aromatic heterocycles. The van der Waals surface area contributed by atoms with E-state index >= 15 is 0 Å². The van der Waals surface area contributed by atoms with Crippen LogP contribution in [0.4, 0.5) is 5.13 Å². The summed E-state index contributed by atoms with van der Waals surface area (Å²) in [4.78, 5) is 19.9. The lowest BCUT2D eigenvalue weighted by Gasteiger charge is -2.31. The van der Waals surface area contributed by atoms with E-state index in [1.165, 1.54) is 0 Å². The molecule has 1 fully saturated rings. The molecule has 1 amide bonds. The standard InChI is InChI=1S/C23H27N3O3S/c1-3-29-18-10-11-19-21(13-18)30-23(25-19)26-12-6-8-17(15-26)22(27)24-14-16-7-4-5-9-20(16)28-2/h4-5,7,9-11,13,17H,3,6,8,12,14-15H2,1-2H3,(H,24,27). The van der Waals surface area contributed by atoms with Crippen molar-refractivity contribution in [3.05, 3.63) is 48.0 Å². The van der Waals surface area contributed by atoms with Crippen molar-refractivity contribution >= 4 is 32.6 Å². The molecule has 3 aromatic rings. The lowest BCUT2D eigenvalue weighted by atomic mass is 9.97. The highest BCUT2D eigenvalue weighted by Gasteiger charge is 2.27. The van der Waals surface area contributed by atoms with Gasteiger partial charge in [0, 0.05) is 25.2 Å². The van der Waals surface area contributed by atoms with Crippen LogP contribution in [0.3, 0.4) is 0 Å². The number of carbonyl (C=O) groups is 1. The third-order valence-corrected chi connectivity index (χ3v) is 6.45. The Hall–Kier alpha value is -2.80. The number of benzene rings is 2. The molecule has 1 N–H and O–H groups in total. The molecule has 0 aliphatic carbocycles. The summed E-state index contributed by atoms with van der Waals surface area (Å²) in [7, 11) is 1.65. The van der Waals surface area contributed by atoms with Gasteiger partial charge in [-0.25, -0.2) is 4.98 Å². The number of nitrogens with zero attached hydrogens (tertiary/aromatic N) is 2. The van der Waals surface area contributed by atoms with E-state index in [9.17, 15) is 4.79 Å². The summed E-state index contributed by atoms with van der Waals surface area (Å²) in [5, 5.41) is 4.06. The zero-order valence-electron chi connectivity index (χ0n) is 17.4. The average molecular weight is 426 g/mol. The molecule has 1 unspecified atom stereocenters. The maximum absolute atomic E-state index is 12.8. The van der Waals surface area contributed by atoms with E-state index in [0.717, 1.165) is 51.8 Å². The first kappa shape index (κ1) is 20.5. The van der Waals surface area contributed by atoms with Crippen molar-refractivity contribution in [1.82, 2.24) is 10.3 Å². The van der Waals surface area contributed by atoms with Crippen molar-refractivity contribution in [2.24, 2.45) is 5.92 Å². The highest BCUT2D eigenvalue weighted by molar-refractivity contribution is 7.22. The van der Waals surface area contributed by atoms with Gasteiger partial charge in [0.2, 0.25) is 5.91 Å². The van der Waals surface area contributed by atoms with Gasteiger partial charge in [-0.3, -0.25) is 4.79 Å². The number of ether oxygens (including phenoxy) is 2. The van der Waals surface area contributed by atoms with Crippen molar-refractivity contribution < 1.29 is 14.3 Å². The van der Waals surface area contributed by atoms with E-state index in [2.05, 4.69) is 10.2 Å². The second-order valence-electron chi connectivity index (χ2n) is 7.37. The van der Waals surface area contributed by atoms with Gasteiger partial charge in [-0.1, -0.05) is 29.5 Å². The predicted molar refractivity (Wildman–Crippen MR) is 121 cm³/mol. The van der Waals surface area contributed by atoms with Crippen molar-refractivity contribution in [3.63, 3.8) is 0 Å². The molecule has 158 valence electrons. The summed E-state index contributed by atoms with van der Waals surface area (Å²) in [5.41, 5.74) is 1.96. The molecule has 0 radical (unpaired) electrons. The van der Waals surface area contributed by atoms with E-state index in [4.69, 9.17) is 14.5 Å². The Morgan fingerprint density at radius 2 is 2.17 bits per heavy atom. The zero-order chi connectivity index (χ0) is 20.9. The number of fused-ring (bicyclic) bond motifs is 1. The number of carbonyl (C=O) groups excluding carboxylic acids is 1. The van der Waals surface area contributed by atoms with Gasteiger partial charge in [-0.05, 0) is 44.0 Å². The van der Waals surface area contributed by atoms with Crippen molar-refractivity contribution in [2.75, 3.05) is 31.7 Å². The summed E-state index contributed by atoms with van der Waals surface area (Å²) < 4.78 is 12.1. The first-order chi connectivity index (χ1) is 14.7. The van der Waals surface area contributed by atoms with E-state index in [-0.39, 0.29) is 11.8 Å². The minimum Gasteiger partial charge on any atom is -0.496 e. The van der Waals surface area contributed by atoms with Crippen molar-refractivity contribution in [1.29, 1.82) is 0 Å². The summed E-state index contributed by atoms with van der Waals surface area (Å²) in [6.07, 6.45) is 1.88. The van der Waals surface area contributed by atoms with E-state index < -0.39 is 0 Å². The second kappa shape index (κ2) is 9.34. The number of methoxy groups -OCH3 is 1. The largest absolute Gasteiger partial charge is 0.496 e. The smallest absolute Gasteiger partial charge is 0.225 e. The number of amides is 1. The van der Waals surface area contributed by atoms with E-state index in [0.29, 0.717) is 19.7 Å². The SMILES string of the molecule is CCOc1ccc2nc(N3CCCC(C(=O)NCc4ccccc4OC)C3)sc2c1. The minimum atomic E-state index is -0.0422. The van der Waals surface area contributed by atoms with Crippen LogP contribution in [0.25, 0.3) is 10.2 Å². The molecule has 0 spiro atoms. The fourth-order valence-corrected chi connectivity index (χ4v) is 4.85. The first-order valence-electron chi connectivity index (χ1n) is 10.4. The second-order valence-corrected chi connectivity index (χ2v) is 8.38. The number of thiazole rings is 1. The van der Waals surface area contributed by atoms with Gasteiger partial charge in [0.25, 0.3) is 0 Å². The monoisotopic (exact) mass is 425 g/mol. The number of nitrogens with one attached hydrogen (secondary N) is 1. The normalized spacial score (nSPS) is 16.5. The fraction of sp³-hybridized carbons (Fsp3) is 0.391. The molecular formula is C23H27N3O3S. The molecule has 2 aromatic carbocycles. The molecule has 0 bridgehead atoms. The molecular weight excluding hydrogens is 398 g/mol. The number of anilines is 1. The molecule has 6 nitrogen and oxygen atoms in total. The van der Waals surface area contributed by atoms with Crippen LogP contribution in [0.15, 0.2) is 42.5 Å². The van der Waals surface area contributed by atoms with Crippen LogP contribution in [-0.2, 0) is 11.3 Å². The molecule has 1 saturated heterocycles. The van der Waals surface area contributed by atoms with Crippen LogP contribution in [-0.4, -0.2) is 37.7 Å². The quantitative estimate of drug-likeness (QED) is 0.614. The average Bonchev–Trinajstić information content (AvgIpc) is 3.21. The van der Waals surface area contributed by atoms with Crippen LogP contribution >= 0.6 is 11.3 Å². The predicted octanol–water partition coefficient (Wildman–Crippen LogP) is 4.24. The number of rotatable bonds is 7. The molecule has 1 atom stereocenters. The van der Waals surface area contributed by atoms with Crippen LogP contribution < -0.4 is 19.7 Å². The third-order valence-electron chi connectivity index (χ3n) is 5.37. The van der Waals surface area contributed by atoms with Gasteiger partial charge in [-0.2, -0.15) is 0 Å². The molecule has 2 heterocycles. The summed E-state index contributed by atoms with van der Waals surface area (Å²) in [6.45, 7) is 4.72. The van der Waals surface area contributed by atoms with Gasteiger partial charge < -0.3 is 19.7 Å². The van der Waals surface area contributed by atoms with Gasteiger partial charge in [0.15, 0.2) is 5.13 Å². The van der Waals surface area contributed by atoms with Crippen molar-refractivity contribution in [2.45, 2.75) is 26.3 Å². The molecule has 30 heavy (non-hydrogen) atoms. The Balaban J connectivity index is 1.41. The maximum Gasteiger partial charge on any atom is 0.225 e. The van der Waals surface area contributed by atoms with E-state index in [1.807, 2.05) is 49.4 Å². The first-order valence-corrected chi connectivity index (χ1v) is 11.2. The summed E-state index contributed by atoms with van der Waals surface area (Å²) >= 11 is 1.66. The van der Waals surface area contributed by atoms with Crippen LogP contribution in [0.2, 0.25) is 0 Å². The Bertz CT molecular complexity index is 1020. The maximum atomic E-state index is 12.8. The van der Waals surface area contributed by atoms with Crippen LogP contribution in [0.5, 0.6) is 11.5 Å². The summed E-state index contributed by atoms with van der Waals surface area (Å²) in [5.74, 6) is 1.71. The third kappa shape index (κ3) is 4.51. The Morgan fingerprint density at radius 1 is 1.30 bits per heavy atom. The lowest BCUT2D eigenvalue weighted by Crippen LogP contribution is -2.43. The summed E-state index contributed by atoms with van der Waals surface area (Å²) in [6, 6.07) is 13.8. The zero-order valence-corrected chi connectivity index (χ0v) is 18.2. The van der Waals surface area contributed by atoms with Crippen LogP contribution in [0, 0.1) is 5.92 Å². The lowest BCUT2D eigenvalue weighted by molar-refractivity contribution is -0.125. The van der Waals surface area contributed by atoms with Gasteiger partial charge in [0.1, 0.15) is 11.5 Å². The van der Waals surface area contributed by atoms with Gasteiger partial charge in [0.05, 0.1) is 29.9 Å². The Kier molecular flexibility index (Phi) is 6.38.